The van der Waals surface area contributed by atoms with Crippen LogP contribution in [-0.2, 0) is 16.6 Å². The summed E-state index contributed by atoms with van der Waals surface area (Å²) in [5.74, 6) is 0.456. The highest BCUT2D eigenvalue weighted by Crippen LogP contribution is 2.28. The second kappa shape index (κ2) is 5.68. The molecule has 21 heavy (non-hydrogen) atoms. The predicted molar refractivity (Wildman–Crippen MR) is 79.4 cm³/mol. The summed E-state index contributed by atoms with van der Waals surface area (Å²) in [4.78, 5) is 2.33. The van der Waals surface area contributed by atoms with Gasteiger partial charge < -0.3 is 10.2 Å². The highest BCUT2D eigenvalue weighted by Gasteiger charge is 2.37. The Labute approximate surface area is 125 Å². The first-order chi connectivity index (χ1) is 10.0. The van der Waals surface area contributed by atoms with E-state index in [2.05, 4.69) is 25.1 Å². The number of rotatable bonds is 5. The van der Waals surface area contributed by atoms with Crippen molar-refractivity contribution in [3.05, 3.63) is 11.3 Å². The second-order valence-corrected chi connectivity index (χ2v) is 7.66. The van der Waals surface area contributed by atoms with Gasteiger partial charge in [-0.3, -0.25) is 5.10 Å². The van der Waals surface area contributed by atoms with Crippen molar-refractivity contribution in [2.24, 2.45) is 5.92 Å². The van der Waals surface area contributed by atoms with Crippen LogP contribution in [0.3, 0.4) is 0 Å². The van der Waals surface area contributed by atoms with Crippen molar-refractivity contribution in [2.75, 3.05) is 26.7 Å². The fraction of sp³-hybridized carbons (Fsp3) is 0.769. The molecule has 1 aromatic rings. The Balaban J connectivity index is 1.81. The van der Waals surface area contributed by atoms with E-state index in [0.717, 1.165) is 38.2 Å². The molecule has 0 aromatic carbocycles. The molecule has 1 atom stereocenters. The molecule has 3 saturated heterocycles. The number of hydrogen-bond donors (Lipinski definition) is 3. The zero-order chi connectivity index (χ0) is 15.0. The average Bonchev–Trinajstić information content (AvgIpc) is 2.82. The van der Waals surface area contributed by atoms with E-state index in [0.29, 0.717) is 18.0 Å². The van der Waals surface area contributed by atoms with E-state index in [9.17, 15) is 8.42 Å². The van der Waals surface area contributed by atoms with Gasteiger partial charge in [-0.15, -0.1) is 0 Å². The number of aromatic nitrogens is 2. The summed E-state index contributed by atoms with van der Waals surface area (Å²) >= 11 is 0. The lowest BCUT2D eigenvalue weighted by Gasteiger charge is -2.44. The molecule has 4 heterocycles. The van der Waals surface area contributed by atoms with Crippen LogP contribution in [0, 0.1) is 12.8 Å². The lowest BCUT2D eigenvalue weighted by atomic mass is 9.85. The van der Waals surface area contributed by atoms with Crippen LogP contribution in [0.25, 0.3) is 0 Å². The van der Waals surface area contributed by atoms with Crippen LogP contribution in [0.2, 0.25) is 0 Å². The van der Waals surface area contributed by atoms with E-state index < -0.39 is 10.0 Å². The minimum absolute atomic E-state index is 0.0111. The molecular formula is C13H23N5O2S. The molecule has 0 radical (unpaired) electrons. The van der Waals surface area contributed by atoms with Crippen LogP contribution in [0.15, 0.2) is 5.03 Å². The van der Waals surface area contributed by atoms with Gasteiger partial charge in [-0.2, -0.15) is 5.10 Å². The van der Waals surface area contributed by atoms with Crippen molar-refractivity contribution in [1.29, 1.82) is 0 Å². The number of aromatic amines is 1. The monoisotopic (exact) mass is 313 g/mol. The third-order valence-corrected chi connectivity index (χ3v) is 6.07. The minimum atomic E-state index is -3.57. The van der Waals surface area contributed by atoms with E-state index in [1.54, 1.807) is 7.05 Å². The number of fused-ring (bicyclic) bond motifs is 3. The highest BCUT2D eigenvalue weighted by atomic mass is 32.2. The molecule has 3 fully saturated rings. The van der Waals surface area contributed by atoms with Gasteiger partial charge in [0.1, 0.15) is 0 Å². The van der Waals surface area contributed by atoms with Crippen molar-refractivity contribution < 1.29 is 8.42 Å². The number of H-pyrrole nitrogens is 1. The lowest BCUT2D eigenvalue weighted by molar-refractivity contribution is 0.0826. The number of hydrogen-bond acceptors (Lipinski definition) is 5. The van der Waals surface area contributed by atoms with Crippen molar-refractivity contribution in [1.82, 2.24) is 25.1 Å². The molecule has 4 rings (SSSR count). The Morgan fingerprint density at radius 1 is 1.38 bits per heavy atom. The molecule has 0 amide bonds. The van der Waals surface area contributed by atoms with E-state index in [1.807, 2.05) is 6.92 Å². The van der Waals surface area contributed by atoms with Crippen LogP contribution >= 0.6 is 0 Å². The predicted octanol–water partition coefficient (Wildman–Crippen LogP) is -0.190. The van der Waals surface area contributed by atoms with E-state index in [-0.39, 0.29) is 11.1 Å². The summed E-state index contributed by atoms with van der Waals surface area (Å²) in [6.07, 6.45) is 2.16. The first-order valence-corrected chi connectivity index (χ1v) is 8.92. The largest absolute Gasteiger partial charge is 0.316 e. The zero-order valence-electron chi connectivity index (χ0n) is 12.5. The van der Waals surface area contributed by atoms with Gasteiger partial charge in [0.2, 0.25) is 0 Å². The number of piperidine rings is 3. The molecule has 1 unspecified atom stereocenters. The van der Waals surface area contributed by atoms with Gasteiger partial charge >= 0.3 is 0 Å². The SMILES string of the molecule is CNCc1c(S(=O)(=O)NC2CN3CCC2CC3)n[nH]c1C. The molecule has 3 aliphatic rings. The van der Waals surface area contributed by atoms with Crippen LogP contribution in [0.4, 0.5) is 0 Å². The first-order valence-electron chi connectivity index (χ1n) is 7.44. The molecule has 0 saturated carbocycles. The summed E-state index contributed by atoms with van der Waals surface area (Å²) in [5, 5.41) is 9.91. The summed E-state index contributed by atoms with van der Waals surface area (Å²) in [5.41, 5.74) is 1.50. The average molecular weight is 313 g/mol. The standard InChI is InChI=1S/C13H23N5O2S/c1-9-11(7-14-2)13(16-15-9)21(19,20)17-12-8-18-5-3-10(12)4-6-18/h10,12,14,17H,3-8H2,1-2H3,(H,15,16). The van der Waals surface area contributed by atoms with Crippen molar-refractivity contribution in [3.8, 4) is 0 Å². The van der Waals surface area contributed by atoms with Crippen molar-refractivity contribution in [2.45, 2.75) is 37.4 Å². The smallest absolute Gasteiger partial charge is 0.260 e. The minimum Gasteiger partial charge on any atom is -0.316 e. The van der Waals surface area contributed by atoms with Crippen LogP contribution in [0.1, 0.15) is 24.1 Å². The maximum atomic E-state index is 12.6. The van der Waals surface area contributed by atoms with Crippen LogP contribution in [0.5, 0.6) is 0 Å². The molecule has 3 N–H and O–H groups in total. The number of aryl methyl sites for hydroxylation is 1. The topological polar surface area (TPSA) is 90.1 Å². The lowest BCUT2D eigenvalue weighted by Crippen LogP contribution is -2.57. The molecular weight excluding hydrogens is 290 g/mol. The van der Waals surface area contributed by atoms with Crippen molar-refractivity contribution >= 4 is 10.0 Å². The van der Waals surface area contributed by atoms with Gasteiger partial charge in [0.25, 0.3) is 10.0 Å². The molecule has 0 aliphatic carbocycles. The number of nitrogens with zero attached hydrogens (tertiary/aromatic N) is 2. The van der Waals surface area contributed by atoms with Gasteiger partial charge in [-0.05, 0) is 45.8 Å². The molecule has 1 aromatic heterocycles. The van der Waals surface area contributed by atoms with Crippen LogP contribution in [-0.4, -0.2) is 56.2 Å². The van der Waals surface area contributed by atoms with Gasteiger partial charge in [-0.1, -0.05) is 0 Å². The second-order valence-electron chi connectivity index (χ2n) is 6.03. The molecule has 8 heteroatoms. The molecule has 2 bridgehead atoms. The van der Waals surface area contributed by atoms with Gasteiger partial charge in [0.15, 0.2) is 5.03 Å². The normalized spacial score (nSPS) is 29.0. The first kappa shape index (κ1) is 15.0. The zero-order valence-corrected chi connectivity index (χ0v) is 13.3. The Morgan fingerprint density at radius 2 is 2.10 bits per heavy atom. The Kier molecular flexibility index (Phi) is 4.04. The molecule has 3 aliphatic heterocycles. The Morgan fingerprint density at radius 3 is 2.67 bits per heavy atom. The number of sulfonamides is 1. The maximum absolute atomic E-state index is 12.6. The Bertz CT molecular complexity index is 604. The molecule has 7 nitrogen and oxygen atoms in total. The van der Waals surface area contributed by atoms with E-state index in [1.165, 1.54) is 0 Å². The van der Waals surface area contributed by atoms with Crippen molar-refractivity contribution in [3.63, 3.8) is 0 Å². The fourth-order valence-electron chi connectivity index (χ4n) is 3.39. The van der Waals surface area contributed by atoms with E-state index in [4.69, 9.17) is 0 Å². The highest BCUT2D eigenvalue weighted by molar-refractivity contribution is 7.89. The fourth-order valence-corrected chi connectivity index (χ4v) is 4.88. The van der Waals surface area contributed by atoms with E-state index >= 15 is 0 Å². The maximum Gasteiger partial charge on any atom is 0.260 e. The third-order valence-electron chi connectivity index (χ3n) is 4.61. The van der Waals surface area contributed by atoms with Gasteiger partial charge in [-0.25, -0.2) is 13.1 Å². The third kappa shape index (κ3) is 2.85. The summed E-state index contributed by atoms with van der Waals surface area (Å²) in [7, 11) is -1.78. The quantitative estimate of drug-likeness (QED) is 0.701. The molecule has 0 spiro atoms. The molecule has 118 valence electrons. The van der Waals surface area contributed by atoms with Gasteiger partial charge in [0, 0.05) is 30.4 Å². The number of nitrogens with one attached hydrogen (secondary N) is 3. The Hall–Kier alpha value is -0.960. The van der Waals surface area contributed by atoms with Gasteiger partial charge in [0.05, 0.1) is 0 Å². The summed E-state index contributed by atoms with van der Waals surface area (Å²) < 4.78 is 28.2. The summed E-state index contributed by atoms with van der Waals surface area (Å²) in [6.45, 7) is 5.32. The van der Waals surface area contributed by atoms with Crippen LogP contribution < -0.4 is 10.0 Å². The summed E-state index contributed by atoms with van der Waals surface area (Å²) in [6, 6.07) is 0.0111.